The molecule has 0 radical (unpaired) electrons. The summed E-state index contributed by atoms with van der Waals surface area (Å²) in [4.78, 5) is 22.2. The number of halogens is 2. The molecular formula is C13H8Br2N2O4. The molecule has 0 saturated carbocycles. The summed E-state index contributed by atoms with van der Waals surface area (Å²) in [5.74, 6) is -0.740. The Kier molecular flexibility index (Phi) is 4.59. The lowest BCUT2D eigenvalue weighted by Crippen LogP contribution is -2.12. The highest BCUT2D eigenvalue weighted by Gasteiger charge is 2.14. The fourth-order valence-corrected chi connectivity index (χ4v) is 2.91. The molecule has 6 nitrogen and oxygen atoms in total. The molecule has 0 fully saturated rings. The highest BCUT2D eigenvalue weighted by molar-refractivity contribution is 9.11. The fourth-order valence-electron chi connectivity index (χ4n) is 1.62. The van der Waals surface area contributed by atoms with E-state index in [2.05, 4.69) is 37.2 Å². The Labute approximate surface area is 136 Å². The van der Waals surface area contributed by atoms with Crippen molar-refractivity contribution in [1.29, 1.82) is 0 Å². The molecule has 0 aliphatic heterocycles. The van der Waals surface area contributed by atoms with E-state index in [1.165, 1.54) is 0 Å². The Balaban J connectivity index is 2.31. The molecule has 0 spiro atoms. The van der Waals surface area contributed by atoms with Crippen LogP contribution in [0.5, 0.6) is 5.75 Å². The van der Waals surface area contributed by atoms with Crippen LogP contribution in [0.3, 0.4) is 0 Å². The summed E-state index contributed by atoms with van der Waals surface area (Å²) in [7, 11) is 0. The average Bonchev–Trinajstić information content (AvgIpc) is 2.39. The molecule has 0 unspecified atom stereocenters. The van der Waals surface area contributed by atoms with Gasteiger partial charge in [-0.3, -0.25) is 14.9 Å². The van der Waals surface area contributed by atoms with Crippen molar-refractivity contribution in [3.8, 4) is 5.75 Å². The third-order valence-electron chi connectivity index (χ3n) is 2.56. The maximum atomic E-state index is 12.1. The predicted molar refractivity (Wildman–Crippen MR) is 84.6 cm³/mol. The maximum Gasteiger partial charge on any atom is 0.271 e. The lowest BCUT2D eigenvalue weighted by molar-refractivity contribution is -0.384. The minimum absolute atomic E-state index is 0.0229. The average molecular weight is 416 g/mol. The molecule has 0 aliphatic carbocycles. The van der Waals surface area contributed by atoms with Gasteiger partial charge in [-0.1, -0.05) is 31.9 Å². The number of nitro groups is 1. The van der Waals surface area contributed by atoms with Crippen LogP contribution in [0.15, 0.2) is 45.3 Å². The second-order valence-electron chi connectivity index (χ2n) is 4.07. The van der Waals surface area contributed by atoms with E-state index in [0.29, 0.717) is 14.5 Å². The van der Waals surface area contributed by atoms with Gasteiger partial charge in [-0.2, -0.15) is 0 Å². The van der Waals surface area contributed by atoms with Crippen molar-refractivity contribution in [2.24, 2.45) is 0 Å². The zero-order valence-corrected chi connectivity index (χ0v) is 13.5. The largest absolute Gasteiger partial charge is 0.506 e. The van der Waals surface area contributed by atoms with Gasteiger partial charge in [-0.25, -0.2) is 0 Å². The van der Waals surface area contributed by atoms with E-state index < -0.39 is 10.8 Å². The van der Waals surface area contributed by atoms with Crippen LogP contribution >= 0.6 is 31.9 Å². The molecule has 8 heteroatoms. The molecule has 0 heterocycles. The normalized spacial score (nSPS) is 10.2. The van der Waals surface area contributed by atoms with Crippen LogP contribution in [0.1, 0.15) is 10.4 Å². The first-order valence-electron chi connectivity index (χ1n) is 5.61. The molecule has 2 N–H and O–H groups in total. The van der Waals surface area contributed by atoms with Crippen molar-refractivity contribution in [3.63, 3.8) is 0 Å². The molecule has 0 bridgehead atoms. The number of phenols is 1. The summed E-state index contributed by atoms with van der Waals surface area (Å²) in [6.07, 6.45) is 0. The summed E-state index contributed by atoms with van der Waals surface area (Å²) < 4.78 is 1.40. The summed E-state index contributed by atoms with van der Waals surface area (Å²) >= 11 is 6.53. The molecule has 0 aliphatic rings. The first kappa shape index (κ1) is 15.5. The number of hydrogen-bond donors (Lipinski definition) is 2. The molecule has 0 saturated heterocycles. The van der Waals surface area contributed by atoms with Gasteiger partial charge >= 0.3 is 0 Å². The van der Waals surface area contributed by atoms with Crippen LogP contribution in [0.25, 0.3) is 0 Å². The van der Waals surface area contributed by atoms with E-state index in [-0.39, 0.29) is 17.1 Å². The van der Waals surface area contributed by atoms with Gasteiger partial charge in [-0.05, 0) is 24.3 Å². The van der Waals surface area contributed by atoms with Crippen LogP contribution in [-0.4, -0.2) is 15.9 Å². The number of nitrogens with zero attached hydrogens (tertiary/aromatic N) is 1. The first-order chi connectivity index (χ1) is 9.86. The third-order valence-corrected chi connectivity index (χ3v) is 3.48. The van der Waals surface area contributed by atoms with Crippen molar-refractivity contribution in [1.82, 2.24) is 0 Å². The van der Waals surface area contributed by atoms with Gasteiger partial charge in [0.2, 0.25) is 0 Å². The third kappa shape index (κ3) is 3.79. The van der Waals surface area contributed by atoms with Crippen LogP contribution in [0.2, 0.25) is 0 Å². The Morgan fingerprint density at radius 1 is 1.14 bits per heavy atom. The fraction of sp³-hybridized carbons (Fsp3) is 0. The highest BCUT2D eigenvalue weighted by atomic mass is 79.9. The van der Waals surface area contributed by atoms with Gasteiger partial charge in [-0.15, -0.1) is 0 Å². The van der Waals surface area contributed by atoms with E-state index in [0.717, 1.165) is 18.2 Å². The van der Waals surface area contributed by atoms with E-state index in [9.17, 15) is 20.0 Å². The number of carbonyl (C=O) groups is 1. The van der Waals surface area contributed by atoms with Crippen LogP contribution in [0.4, 0.5) is 11.4 Å². The molecule has 21 heavy (non-hydrogen) atoms. The lowest BCUT2D eigenvalue weighted by Gasteiger charge is -2.08. The number of amides is 1. The number of non-ortho nitro benzene ring substituents is 1. The Bertz CT molecular complexity index is 714. The zero-order chi connectivity index (χ0) is 15.6. The molecule has 1 amide bonds. The molecule has 0 atom stereocenters. The topological polar surface area (TPSA) is 92.5 Å². The quantitative estimate of drug-likeness (QED) is 0.448. The summed E-state index contributed by atoms with van der Waals surface area (Å²) in [6, 6.07) is 8.36. The number of nitro benzene ring substituents is 1. The Morgan fingerprint density at radius 2 is 1.76 bits per heavy atom. The van der Waals surface area contributed by atoms with Gasteiger partial charge in [0.25, 0.3) is 11.6 Å². The lowest BCUT2D eigenvalue weighted by atomic mass is 10.2. The number of rotatable bonds is 3. The minimum Gasteiger partial charge on any atom is -0.506 e. The number of nitrogens with one attached hydrogen (secondary N) is 1. The second kappa shape index (κ2) is 6.23. The molecule has 2 rings (SSSR count). The summed E-state index contributed by atoms with van der Waals surface area (Å²) in [6.45, 7) is 0. The Morgan fingerprint density at radius 3 is 2.33 bits per heavy atom. The minimum atomic E-state index is -0.606. The van der Waals surface area contributed by atoms with E-state index in [4.69, 9.17) is 0 Å². The number of benzene rings is 2. The van der Waals surface area contributed by atoms with Crippen molar-refractivity contribution in [3.05, 3.63) is 61.0 Å². The monoisotopic (exact) mass is 414 g/mol. The van der Waals surface area contributed by atoms with Crippen LogP contribution in [0, 0.1) is 10.1 Å². The summed E-state index contributed by atoms with van der Waals surface area (Å²) in [5, 5.41) is 22.8. The van der Waals surface area contributed by atoms with Gasteiger partial charge in [0, 0.05) is 26.6 Å². The number of carbonyl (C=O) groups excluding carboxylic acids is 1. The van der Waals surface area contributed by atoms with Crippen molar-refractivity contribution >= 4 is 49.1 Å². The molecule has 0 aromatic heterocycles. The van der Waals surface area contributed by atoms with Crippen molar-refractivity contribution in [2.45, 2.75) is 0 Å². The van der Waals surface area contributed by atoms with Gasteiger partial charge < -0.3 is 10.4 Å². The van der Waals surface area contributed by atoms with Crippen molar-refractivity contribution in [2.75, 3.05) is 5.32 Å². The smallest absolute Gasteiger partial charge is 0.271 e. The number of aromatic hydroxyl groups is 1. The van der Waals surface area contributed by atoms with E-state index in [1.807, 2.05) is 0 Å². The molecule has 2 aromatic rings. The van der Waals surface area contributed by atoms with E-state index >= 15 is 0 Å². The van der Waals surface area contributed by atoms with Gasteiger partial charge in [0.1, 0.15) is 5.75 Å². The van der Waals surface area contributed by atoms with Crippen molar-refractivity contribution < 1.29 is 14.8 Å². The van der Waals surface area contributed by atoms with Crippen LogP contribution < -0.4 is 5.32 Å². The van der Waals surface area contributed by atoms with Gasteiger partial charge in [0.05, 0.1) is 10.6 Å². The molecule has 2 aromatic carbocycles. The van der Waals surface area contributed by atoms with Gasteiger partial charge in [0.15, 0.2) is 0 Å². The van der Waals surface area contributed by atoms with E-state index in [1.54, 1.807) is 18.2 Å². The molecule has 108 valence electrons. The second-order valence-corrected chi connectivity index (χ2v) is 5.90. The molecular weight excluding hydrogens is 408 g/mol. The number of anilines is 1. The number of phenolic OH excluding ortho intramolecular Hbond substituents is 1. The first-order valence-corrected chi connectivity index (χ1v) is 7.20. The maximum absolute atomic E-state index is 12.1. The Hall–Kier alpha value is -1.93. The zero-order valence-electron chi connectivity index (χ0n) is 10.3. The highest BCUT2D eigenvalue weighted by Crippen LogP contribution is 2.29. The van der Waals surface area contributed by atoms with Crippen LogP contribution in [-0.2, 0) is 0 Å². The number of hydrogen-bond acceptors (Lipinski definition) is 4. The predicted octanol–water partition coefficient (Wildman–Crippen LogP) is 4.08. The summed E-state index contributed by atoms with van der Waals surface area (Å²) in [5.41, 5.74) is 0.0889. The standard InChI is InChI=1S/C13H8Br2N2O4/c14-8-3-7(4-9(15)5-8)13(19)16-11-6-10(17(20)21)1-2-12(11)18/h1-6,18H,(H,16,19). The SMILES string of the molecule is O=C(Nc1cc([N+](=O)[O-])ccc1O)c1cc(Br)cc(Br)c1.